The molecule has 1 saturated heterocycles. The van der Waals surface area contributed by atoms with Crippen molar-refractivity contribution < 1.29 is 13.9 Å². The fourth-order valence-electron chi connectivity index (χ4n) is 5.24. The maximum Gasteiger partial charge on any atom is 0.248 e. The summed E-state index contributed by atoms with van der Waals surface area (Å²) in [6.07, 6.45) is 12.7. The van der Waals surface area contributed by atoms with E-state index in [-0.39, 0.29) is 11.3 Å². The standard InChI is InChI=1S/C38H43N3O4S/c1-27(38(43)40(3)4)24-32(17-15-30-13-14-30)28(2)39-19-7-5-6-8-29-9-11-31(12-10-29)16-18-33-26-46-37-34(42)25-35(45-36(33)37)41-20-22-44-23-21-41/h9-13,17,24-26H,5-8,14-15,19-23H2,1-4H3/b27-24+,32-17-,39-28-. The van der Waals surface area contributed by atoms with Gasteiger partial charge in [0.2, 0.25) is 11.3 Å². The van der Waals surface area contributed by atoms with Crippen LogP contribution in [-0.2, 0) is 16.0 Å². The minimum atomic E-state index is -0.0313. The number of aliphatic imine (C=N–C) groups is 1. The van der Waals surface area contributed by atoms with Gasteiger partial charge in [-0.1, -0.05) is 48.1 Å². The molecule has 0 unspecified atom stereocenters. The van der Waals surface area contributed by atoms with Gasteiger partial charge in [-0.25, -0.2) is 0 Å². The van der Waals surface area contributed by atoms with Crippen LogP contribution < -0.4 is 10.3 Å². The van der Waals surface area contributed by atoms with E-state index in [1.54, 1.807) is 25.1 Å². The molecule has 0 spiro atoms. The molecule has 240 valence electrons. The second-order valence-electron chi connectivity index (χ2n) is 12.0. The highest BCUT2D eigenvalue weighted by Gasteiger charge is 2.17. The Morgan fingerprint density at radius 3 is 2.57 bits per heavy atom. The number of morpholine rings is 1. The van der Waals surface area contributed by atoms with E-state index in [4.69, 9.17) is 14.1 Å². The first kappa shape index (κ1) is 33.2. The number of carbonyl (C=O) groups excluding carboxylic acids is 1. The van der Waals surface area contributed by atoms with Crippen LogP contribution in [0.3, 0.4) is 0 Å². The lowest BCUT2D eigenvalue weighted by Gasteiger charge is -2.26. The number of thiophene rings is 1. The van der Waals surface area contributed by atoms with Gasteiger partial charge in [-0.2, -0.15) is 0 Å². The third-order valence-corrected chi connectivity index (χ3v) is 9.11. The molecule has 2 aromatic heterocycles. The number of fused-ring (bicyclic) bond motifs is 1. The smallest absolute Gasteiger partial charge is 0.248 e. The van der Waals surface area contributed by atoms with E-state index in [0.29, 0.717) is 42.5 Å². The second-order valence-corrected chi connectivity index (χ2v) is 12.9. The number of hydrogen-bond donors (Lipinski definition) is 0. The zero-order chi connectivity index (χ0) is 32.5. The van der Waals surface area contributed by atoms with Crippen molar-refractivity contribution in [2.45, 2.75) is 52.4 Å². The topological polar surface area (TPSA) is 75.4 Å². The molecular weight excluding hydrogens is 595 g/mol. The highest BCUT2D eigenvalue weighted by molar-refractivity contribution is 7.17. The van der Waals surface area contributed by atoms with Crippen LogP contribution in [0.2, 0.25) is 0 Å². The summed E-state index contributed by atoms with van der Waals surface area (Å²) in [6.45, 7) is 7.35. The zero-order valence-electron chi connectivity index (χ0n) is 27.4. The molecule has 3 aromatic rings. The Balaban J connectivity index is 1.11. The van der Waals surface area contributed by atoms with Gasteiger partial charge in [-0.3, -0.25) is 14.6 Å². The summed E-state index contributed by atoms with van der Waals surface area (Å²) in [5.74, 6) is 7.07. The summed E-state index contributed by atoms with van der Waals surface area (Å²) in [7, 11) is 3.56. The van der Waals surface area contributed by atoms with E-state index in [9.17, 15) is 9.59 Å². The Hall–Kier alpha value is -4.19. The maximum atomic E-state index is 12.7. The average molecular weight is 638 g/mol. The summed E-state index contributed by atoms with van der Waals surface area (Å²) < 4.78 is 12.2. The lowest BCUT2D eigenvalue weighted by molar-refractivity contribution is -0.124. The lowest BCUT2D eigenvalue weighted by atomic mass is 10.0. The van der Waals surface area contributed by atoms with Gasteiger partial charge in [-0.15, -0.1) is 11.3 Å². The van der Waals surface area contributed by atoms with Gasteiger partial charge in [-0.05, 0) is 75.3 Å². The Morgan fingerprint density at radius 2 is 1.85 bits per heavy atom. The van der Waals surface area contributed by atoms with Gasteiger partial charge in [0.05, 0.1) is 18.8 Å². The fourth-order valence-corrected chi connectivity index (χ4v) is 6.08. The van der Waals surface area contributed by atoms with Crippen molar-refractivity contribution in [2.24, 2.45) is 4.99 Å². The van der Waals surface area contributed by atoms with Gasteiger partial charge < -0.3 is 19.0 Å². The van der Waals surface area contributed by atoms with E-state index >= 15 is 0 Å². The largest absolute Gasteiger partial charge is 0.438 e. The monoisotopic (exact) mass is 637 g/mol. The van der Waals surface area contributed by atoms with Crippen molar-refractivity contribution in [2.75, 3.05) is 51.8 Å². The summed E-state index contributed by atoms with van der Waals surface area (Å²) in [5, 5.41) is 1.90. The predicted octanol–water partition coefficient (Wildman–Crippen LogP) is 6.95. The summed E-state index contributed by atoms with van der Waals surface area (Å²) in [5.41, 5.74) is 7.69. The zero-order valence-corrected chi connectivity index (χ0v) is 28.2. The Labute approximate surface area is 276 Å². The van der Waals surface area contributed by atoms with Gasteiger partial charge in [0.1, 0.15) is 4.70 Å². The van der Waals surface area contributed by atoms with Gasteiger partial charge in [0.15, 0.2) is 11.5 Å². The molecule has 0 N–H and O–H groups in total. The Kier molecular flexibility index (Phi) is 11.5. The first-order chi connectivity index (χ1) is 22.3. The van der Waals surface area contributed by atoms with Crippen LogP contribution in [0.4, 0.5) is 5.88 Å². The molecule has 2 aliphatic rings. The molecule has 1 aliphatic heterocycles. The molecule has 0 bridgehead atoms. The number of likely N-dealkylation sites (N-methyl/N-ethyl adjacent to an activating group) is 1. The average Bonchev–Trinajstić information content (AvgIpc) is 3.81. The van der Waals surface area contributed by atoms with Crippen molar-refractivity contribution in [3.05, 3.63) is 97.6 Å². The van der Waals surface area contributed by atoms with Gasteiger partial charge in [0, 0.05) is 62.0 Å². The van der Waals surface area contributed by atoms with Crippen molar-refractivity contribution in [1.29, 1.82) is 0 Å². The lowest BCUT2D eigenvalue weighted by Crippen LogP contribution is -2.36. The van der Waals surface area contributed by atoms with Crippen LogP contribution in [0, 0.1) is 11.8 Å². The molecule has 1 fully saturated rings. The number of ether oxygens (including phenoxy) is 1. The fraction of sp³-hybridized carbons (Fsp3) is 0.395. The molecule has 8 heteroatoms. The first-order valence-electron chi connectivity index (χ1n) is 16.1. The molecule has 5 rings (SSSR count). The number of rotatable bonds is 12. The van der Waals surface area contributed by atoms with Gasteiger partial charge in [0.25, 0.3) is 0 Å². The van der Waals surface area contributed by atoms with Crippen LogP contribution in [0.1, 0.15) is 62.6 Å². The van der Waals surface area contributed by atoms with Crippen molar-refractivity contribution in [3.63, 3.8) is 0 Å². The van der Waals surface area contributed by atoms with Crippen molar-refractivity contribution in [1.82, 2.24) is 4.90 Å². The number of benzene rings is 1. The number of anilines is 1. The molecule has 46 heavy (non-hydrogen) atoms. The van der Waals surface area contributed by atoms with Crippen LogP contribution in [0.5, 0.6) is 0 Å². The van der Waals surface area contributed by atoms with E-state index in [1.807, 2.05) is 30.2 Å². The molecule has 1 amide bonds. The van der Waals surface area contributed by atoms with Crippen LogP contribution in [0.25, 0.3) is 10.3 Å². The molecule has 7 nitrogen and oxygen atoms in total. The molecule has 0 atom stereocenters. The second kappa shape index (κ2) is 15.9. The number of allylic oxidation sites excluding steroid dienone is 5. The Morgan fingerprint density at radius 1 is 1.09 bits per heavy atom. The molecule has 3 heterocycles. The quantitative estimate of drug-likeness (QED) is 0.0537. The molecule has 0 saturated carbocycles. The third kappa shape index (κ3) is 9.18. The maximum absolute atomic E-state index is 12.7. The SMILES string of the molecule is CC(=N/CCCCCc1ccc(C#Cc2csc3c(=O)cc(N4CCOCC4)oc23)cc1)/C(=C\CC1=CC1)/C=C(\C)C(=O)N(C)C. The van der Waals surface area contributed by atoms with Crippen molar-refractivity contribution >= 4 is 39.1 Å². The van der Waals surface area contributed by atoms with Crippen molar-refractivity contribution in [3.8, 4) is 11.8 Å². The number of hydrogen-bond acceptors (Lipinski definition) is 7. The highest BCUT2D eigenvalue weighted by Crippen LogP contribution is 2.27. The Bertz CT molecular complexity index is 1790. The number of unbranched alkanes of at least 4 members (excludes halogenated alkanes) is 2. The third-order valence-electron chi connectivity index (χ3n) is 8.13. The number of amides is 1. The van der Waals surface area contributed by atoms with Crippen LogP contribution >= 0.6 is 11.3 Å². The van der Waals surface area contributed by atoms with E-state index in [2.05, 4.69) is 48.3 Å². The number of carbonyl (C=O) groups is 1. The molecular formula is C38H43N3O4S. The van der Waals surface area contributed by atoms with Gasteiger partial charge >= 0.3 is 0 Å². The van der Waals surface area contributed by atoms with E-state index in [1.165, 1.54) is 22.5 Å². The summed E-state index contributed by atoms with van der Waals surface area (Å²) in [6, 6.07) is 9.98. The minimum absolute atomic E-state index is 0.0218. The summed E-state index contributed by atoms with van der Waals surface area (Å²) in [4.78, 5) is 33.6. The van der Waals surface area contributed by atoms with Crippen LogP contribution in [0.15, 0.2) is 84.9 Å². The van der Waals surface area contributed by atoms with Crippen LogP contribution in [-0.4, -0.2) is 63.5 Å². The molecule has 1 aromatic carbocycles. The predicted molar refractivity (Wildman–Crippen MR) is 189 cm³/mol. The number of nitrogens with zero attached hydrogens (tertiary/aromatic N) is 3. The first-order valence-corrected chi connectivity index (χ1v) is 16.9. The number of aryl methyl sites for hydroxylation is 1. The summed E-state index contributed by atoms with van der Waals surface area (Å²) >= 11 is 1.38. The normalized spacial score (nSPS) is 15.4. The highest BCUT2D eigenvalue weighted by atomic mass is 32.1. The van der Waals surface area contributed by atoms with E-state index in [0.717, 1.165) is 73.1 Å². The van der Waals surface area contributed by atoms with E-state index < -0.39 is 0 Å². The minimum Gasteiger partial charge on any atom is -0.438 e. The molecule has 1 aliphatic carbocycles. The molecule has 0 radical (unpaired) electrons.